The molecule has 3 rings (SSSR count). The highest BCUT2D eigenvalue weighted by Crippen LogP contribution is 2.34. The molecule has 1 saturated carbocycles. The Balaban J connectivity index is 1.65. The fraction of sp³-hybridized carbons (Fsp3) is 0.857. The van der Waals surface area contributed by atoms with Crippen LogP contribution < -0.4 is 5.32 Å². The van der Waals surface area contributed by atoms with Crippen LogP contribution in [-0.4, -0.2) is 16.7 Å². The third kappa shape index (κ3) is 2.58. The van der Waals surface area contributed by atoms with E-state index in [1.165, 1.54) is 38.5 Å². The molecule has 1 aliphatic heterocycles. The molecule has 18 heavy (non-hydrogen) atoms. The van der Waals surface area contributed by atoms with Crippen molar-refractivity contribution in [3.63, 3.8) is 0 Å². The van der Waals surface area contributed by atoms with Crippen LogP contribution in [0.25, 0.3) is 0 Å². The van der Waals surface area contributed by atoms with Crippen LogP contribution in [0.1, 0.15) is 75.5 Å². The zero-order chi connectivity index (χ0) is 12.4. The molecule has 4 heteroatoms. The summed E-state index contributed by atoms with van der Waals surface area (Å²) in [4.78, 5) is 4.64. The molecule has 0 radical (unpaired) electrons. The summed E-state index contributed by atoms with van der Waals surface area (Å²) in [6.45, 7) is 3.41. The Hall–Kier alpha value is -0.900. The molecule has 1 aromatic heterocycles. The van der Waals surface area contributed by atoms with Crippen LogP contribution in [0.2, 0.25) is 0 Å². The summed E-state index contributed by atoms with van der Waals surface area (Å²) < 4.78 is 5.46. The Bertz CT molecular complexity index is 376. The number of hydrogen-bond donors (Lipinski definition) is 1. The molecule has 2 aliphatic rings. The van der Waals surface area contributed by atoms with E-state index in [4.69, 9.17) is 4.52 Å². The first-order chi connectivity index (χ1) is 8.83. The van der Waals surface area contributed by atoms with E-state index in [-0.39, 0.29) is 0 Å². The average molecular weight is 249 g/mol. The standard InChI is InChI=1S/C14H23N3O/c1-10-5-7-11(8-6-10)13-16-14(18-17-13)12-4-2-3-9-15-12/h10-12,15H,2-9H2,1H3/t10?,11?,12-/m1/s1. The first-order valence-corrected chi connectivity index (χ1v) is 7.40. The van der Waals surface area contributed by atoms with Gasteiger partial charge in [-0.15, -0.1) is 0 Å². The maximum Gasteiger partial charge on any atom is 0.243 e. The molecule has 1 atom stereocenters. The summed E-state index contributed by atoms with van der Waals surface area (Å²) in [7, 11) is 0. The average Bonchev–Trinajstić information content (AvgIpc) is 2.90. The number of rotatable bonds is 2. The first kappa shape index (κ1) is 12.2. The van der Waals surface area contributed by atoms with E-state index in [1.54, 1.807) is 0 Å². The largest absolute Gasteiger partial charge is 0.338 e. The Morgan fingerprint density at radius 3 is 2.67 bits per heavy atom. The van der Waals surface area contributed by atoms with Gasteiger partial charge in [0.2, 0.25) is 5.89 Å². The van der Waals surface area contributed by atoms with E-state index in [2.05, 4.69) is 22.4 Å². The minimum absolute atomic E-state index is 0.294. The molecule has 1 saturated heterocycles. The predicted molar refractivity (Wildman–Crippen MR) is 69.3 cm³/mol. The molecule has 0 spiro atoms. The molecule has 0 bridgehead atoms. The van der Waals surface area contributed by atoms with Crippen molar-refractivity contribution < 1.29 is 4.52 Å². The molecule has 1 aliphatic carbocycles. The van der Waals surface area contributed by atoms with Crippen LogP contribution in [0.3, 0.4) is 0 Å². The van der Waals surface area contributed by atoms with Crippen molar-refractivity contribution in [2.45, 2.75) is 63.8 Å². The minimum Gasteiger partial charge on any atom is -0.338 e. The zero-order valence-electron chi connectivity index (χ0n) is 11.2. The summed E-state index contributed by atoms with van der Waals surface area (Å²) in [5.41, 5.74) is 0. The van der Waals surface area contributed by atoms with Crippen molar-refractivity contribution in [1.29, 1.82) is 0 Å². The van der Waals surface area contributed by atoms with Crippen molar-refractivity contribution in [1.82, 2.24) is 15.5 Å². The molecular formula is C14H23N3O. The van der Waals surface area contributed by atoms with Gasteiger partial charge in [-0.3, -0.25) is 0 Å². The van der Waals surface area contributed by atoms with Crippen LogP contribution in [0, 0.1) is 5.92 Å². The fourth-order valence-corrected chi connectivity index (χ4v) is 3.14. The number of hydrogen-bond acceptors (Lipinski definition) is 4. The van der Waals surface area contributed by atoms with E-state index >= 15 is 0 Å². The van der Waals surface area contributed by atoms with Gasteiger partial charge in [0.15, 0.2) is 5.82 Å². The van der Waals surface area contributed by atoms with Crippen molar-refractivity contribution >= 4 is 0 Å². The predicted octanol–water partition coefficient (Wildman–Crippen LogP) is 3.18. The second-order valence-corrected chi connectivity index (χ2v) is 5.95. The van der Waals surface area contributed by atoms with Crippen molar-refractivity contribution in [3.8, 4) is 0 Å². The van der Waals surface area contributed by atoms with Crippen molar-refractivity contribution in [2.75, 3.05) is 6.54 Å². The van der Waals surface area contributed by atoms with Gasteiger partial charge >= 0.3 is 0 Å². The molecule has 1 aromatic rings. The molecule has 2 fully saturated rings. The lowest BCUT2D eigenvalue weighted by atomic mass is 9.83. The summed E-state index contributed by atoms with van der Waals surface area (Å²) in [5.74, 6) is 3.16. The third-order valence-electron chi connectivity index (χ3n) is 4.45. The van der Waals surface area contributed by atoms with Gasteiger partial charge in [-0.05, 0) is 38.1 Å². The Labute approximate surface area is 109 Å². The van der Waals surface area contributed by atoms with Gasteiger partial charge in [-0.25, -0.2) is 0 Å². The number of aromatic nitrogens is 2. The first-order valence-electron chi connectivity index (χ1n) is 7.40. The summed E-state index contributed by atoms with van der Waals surface area (Å²) in [6.07, 6.45) is 8.70. The van der Waals surface area contributed by atoms with Crippen molar-refractivity contribution in [2.24, 2.45) is 5.92 Å². The molecule has 0 unspecified atom stereocenters. The second-order valence-electron chi connectivity index (χ2n) is 5.95. The van der Waals surface area contributed by atoms with Crippen LogP contribution in [-0.2, 0) is 0 Å². The number of nitrogens with zero attached hydrogens (tertiary/aromatic N) is 2. The van der Waals surface area contributed by atoms with Gasteiger partial charge in [0.25, 0.3) is 0 Å². The minimum atomic E-state index is 0.294. The molecule has 100 valence electrons. The quantitative estimate of drug-likeness (QED) is 0.874. The molecule has 1 N–H and O–H groups in total. The lowest BCUT2D eigenvalue weighted by molar-refractivity contribution is 0.290. The van der Waals surface area contributed by atoms with Gasteiger partial charge in [0.1, 0.15) is 0 Å². The maximum absolute atomic E-state index is 5.46. The van der Waals surface area contributed by atoms with E-state index in [9.17, 15) is 0 Å². The van der Waals surface area contributed by atoms with Crippen molar-refractivity contribution in [3.05, 3.63) is 11.7 Å². The highest BCUT2D eigenvalue weighted by atomic mass is 16.5. The molecule has 2 heterocycles. The lowest BCUT2D eigenvalue weighted by Crippen LogP contribution is -2.27. The monoisotopic (exact) mass is 249 g/mol. The smallest absolute Gasteiger partial charge is 0.243 e. The highest BCUT2D eigenvalue weighted by Gasteiger charge is 2.26. The van der Waals surface area contributed by atoms with Crippen LogP contribution in [0.4, 0.5) is 0 Å². The van der Waals surface area contributed by atoms with Crippen LogP contribution in [0.5, 0.6) is 0 Å². The SMILES string of the molecule is CC1CCC(c2noc([C@H]3CCCCN3)n2)CC1. The lowest BCUT2D eigenvalue weighted by Gasteiger charge is -2.23. The number of nitrogens with one attached hydrogen (secondary N) is 1. The van der Waals surface area contributed by atoms with Gasteiger partial charge in [-0.1, -0.05) is 31.3 Å². The van der Waals surface area contributed by atoms with Crippen LogP contribution >= 0.6 is 0 Å². The Kier molecular flexibility index (Phi) is 3.64. The molecule has 0 amide bonds. The second kappa shape index (κ2) is 5.39. The number of piperidine rings is 1. The van der Waals surface area contributed by atoms with Gasteiger partial charge in [-0.2, -0.15) is 4.98 Å². The van der Waals surface area contributed by atoms with Gasteiger partial charge in [0, 0.05) is 5.92 Å². The highest BCUT2D eigenvalue weighted by molar-refractivity contribution is 5.00. The fourth-order valence-electron chi connectivity index (χ4n) is 3.14. The van der Waals surface area contributed by atoms with Gasteiger partial charge in [0.05, 0.1) is 6.04 Å². The topological polar surface area (TPSA) is 51.0 Å². The van der Waals surface area contributed by atoms with Crippen LogP contribution in [0.15, 0.2) is 4.52 Å². The summed E-state index contributed by atoms with van der Waals surface area (Å²) >= 11 is 0. The molecule has 0 aromatic carbocycles. The normalized spacial score (nSPS) is 33.5. The van der Waals surface area contributed by atoms with E-state index in [0.29, 0.717) is 12.0 Å². The molecular weight excluding hydrogens is 226 g/mol. The Morgan fingerprint density at radius 1 is 1.11 bits per heavy atom. The summed E-state index contributed by atoms with van der Waals surface area (Å²) in [5, 5.41) is 7.68. The molecule has 4 nitrogen and oxygen atoms in total. The Morgan fingerprint density at radius 2 is 1.94 bits per heavy atom. The third-order valence-corrected chi connectivity index (χ3v) is 4.45. The van der Waals surface area contributed by atoms with Gasteiger partial charge < -0.3 is 9.84 Å². The zero-order valence-corrected chi connectivity index (χ0v) is 11.2. The van der Waals surface area contributed by atoms with E-state index < -0.39 is 0 Å². The van der Waals surface area contributed by atoms with E-state index in [0.717, 1.165) is 30.6 Å². The summed E-state index contributed by atoms with van der Waals surface area (Å²) in [6, 6.07) is 0.294. The maximum atomic E-state index is 5.46. The van der Waals surface area contributed by atoms with E-state index in [1.807, 2.05) is 0 Å².